The van der Waals surface area contributed by atoms with Crippen LogP contribution < -0.4 is 20.3 Å². The zero-order valence-electron chi connectivity index (χ0n) is 19.5. The second-order valence-electron chi connectivity index (χ2n) is 8.36. The molecule has 0 bridgehead atoms. The van der Waals surface area contributed by atoms with E-state index in [1.807, 2.05) is 17.0 Å². The molecule has 4 heterocycles. The predicted octanol–water partition coefficient (Wildman–Crippen LogP) is 3.41. The standard InChI is InChI=1S/C21H19ClF3N9O3S/c1-33-14(7-15(31-33)37-18(36)21(23,24)25)17(35)26-8-10-3-2-6-34(10)19-29-20(38-32-19)28-13-5-4-12-11(16(13)22)9-27-30-12/h4-5,7,9-10H,2-3,6,8H2,1H3,(H,26,35)(H,27,30)(H,28,29,32)/t10-/m0/s1. The van der Waals surface area contributed by atoms with Gasteiger partial charge in [-0.3, -0.25) is 14.6 Å². The number of anilines is 3. The molecule has 4 aromatic rings. The third-order valence-electron chi connectivity index (χ3n) is 5.87. The van der Waals surface area contributed by atoms with E-state index in [1.165, 1.54) is 18.6 Å². The number of carbonyl (C=O) groups excluding carboxylic acids is 2. The van der Waals surface area contributed by atoms with Crippen molar-refractivity contribution in [1.82, 2.24) is 34.7 Å². The minimum Gasteiger partial charge on any atom is -0.399 e. The van der Waals surface area contributed by atoms with Gasteiger partial charge >= 0.3 is 12.1 Å². The Kier molecular flexibility index (Phi) is 6.83. The van der Waals surface area contributed by atoms with Crippen molar-refractivity contribution in [2.24, 2.45) is 7.05 Å². The monoisotopic (exact) mass is 569 g/mol. The van der Waals surface area contributed by atoms with E-state index in [0.717, 1.165) is 34.5 Å². The molecule has 1 aliphatic rings. The maximum absolute atomic E-state index is 12.7. The lowest BCUT2D eigenvalue weighted by molar-refractivity contribution is -0.190. The van der Waals surface area contributed by atoms with Crippen LogP contribution in [0.1, 0.15) is 23.3 Å². The van der Waals surface area contributed by atoms with E-state index in [2.05, 4.69) is 40.0 Å². The number of nitrogens with zero attached hydrogens (tertiary/aromatic N) is 6. The lowest BCUT2D eigenvalue weighted by atomic mass is 10.2. The van der Waals surface area contributed by atoms with Crippen LogP contribution in [0, 0.1) is 0 Å². The molecule has 0 saturated carbocycles. The Bertz CT molecular complexity index is 1500. The van der Waals surface area contributed by atoms with Crippen molar-refractivity contribution >= 4 is 62.7 Å². The Morgan fingerprint density at radius 3 is 2.95 bits per heavy atom. The van der Waals surface area contributed by atoms with Gasteiger partial charge in [-0.25, -0.2) is 4.79 Å². The molecule has 1 amide bonds. The molecule has 1 atom stereocenters. The predicted molar refractivity (Wildman–Crippen MR) is 132 cm³/mol. The molecule has 0 radical (unpaired) electrons. The van der Waals surface area contributed by atoms with E-state index < -0.39 is 23.9 Å². The Hall–Kier alpha value is -3.92. The van der Waals surface area contributed by atoms with Crippen molar-refractivity contribution in [2.45, 2.75) is 25.1 Å². The number of nitrogens with one attached hydrogen (secondary N) is 3. The highest BCUT2D eigenvalue weighted by Crippen LogP contribution is 2.33. The number of aromatic amines is 1. The number of hydrogen-bond acceptors (Lipinski definition) is 10. The lowest BCUT2D eigenvalue weighted by Crippen LogP contribution is -2.41. The largest absolute Gasteiger partial charge is 0.491 e. The molecule has 3 N–H and O–H groups in total. The number of amides is 1. The number of aromatic nitrogens is 6. The summed E-state index contributed by atoms with van der Waals surface area (Å²) in [7, 11) is 1.35. The number of rotatable bonds is 7. The first-order chi connectivity index (χ1) is 18.1. The molecule has 200 valence electrons. The van der Waals surface area contributed by atoms with Crippen LogP contribution >= 0.6 is 23.1 Å². The summed E-state index contributed by atoms with van der Waals surface area (Å²) in [5.41, 5.74) is 1.40. The Labute approximate surface area is 221 Å². The van der Waals surface area contributed by atoms with Crippen LogP contribution in [-0.2, 0) is 11.8 Å². The van der Waals surface area contributed by atoms with Gasteiger partial charge in [0, 0.05) is 49.2 Å². The Balaban J connectivity index is 1.21. The maximum Gasteiger partial charge on any atom is 0.491 e. The summed E-state index contributed by atoms with van der Waals surface area (Å²) in [5, 5.41) is 18.2. The number of carbonyl (C=O) groups is 2. The van der Waals surface area contributed by atoms with Crippen LogP contribution in [0.2, 0.25) is 5.02 Å². The van der Waals surface area contributed by atoms with Gasteiger partial charge in [-0.1, -0.05) is 11.6 Å². The van der Waals surface area contributed by atoms with Crippen molar-refractivity contribution < 1.29 is 27.5 Å². The molecule has 0 aliphatic carbocycles. The molecule has 1 aliphatic heterocycles. The van der Waals surface area contributed by atoms with Crippen molar-refractivity contribution in [2.75, 3.05) is 23.3 Å². The smallest absolute Gasteiger partial charge is 0.399 e. The van der Waals surface area contributed by atoms with Crippen LogP contribution in [0.15, 0.2) is 24.4 Å². The minimum absolute atomic E-state index is 0.0655. The number of ether oxygens (including phenoxy) is 1. The second-order valence-corrected chi connectivity index (χ2v) is 9.49. The highest BCUT2D eigenvalue weighted by Gasteiger charge is 2.42. The number of benzene rings is 1. The van der Waals surface area contributed by atoms with Crippen LogP contribution in [0.25, 0.3) is 10.9 Å². The van der Waals surface area contributed by atoms with Gasteiger partial charge in [0.05, 0.1) is 22.4 Å². The molecule has 5 rings (SSSR count). The van der Waals surface area contributed by atoms with E-state index in [0.29, 0.717) is 28.3 Å². The molecule has 3 aromatic heterocycles. The Morgan fingerprint density at radius 2 is 2.16 bits per heavy atom. The minimum atomic E-state index is -5.18. The third-order valence-corrected chi connectivity index (χ3v) is 6.89. The van der Waals surface area contributed by atoms with Gasteiger partial charge in [0.2, 0.25) is 17.0 Å². The number of H-pyrrole nitrogens is 1. The highest BCUT2D eigenvalue weighted by atomic mass is 35.5. The van der Waals surface area contributed by atoms with Gasteiger partial charge in [-0.2, -0.15) is 27.6 Å². The topological polar surface area (TPSA) is 143 Å². The van der Waals surface area contributed by atoms with Crippen LogP contribution in [0.3, 0.4) is 0 Å². The SMILES string of the molecule is Cn1nc(OC(=O)C(F)(F)F)cc1C(=O)NC[C@@H]1CCCN1c1nsc(Nc2ccc3[nH]ncc3c2Cl)n1. The average Bonchev–Trinajstić information content (AvgIpc) is 3.66. The van der Waals surface area contributed by atoms with Gasteiger partial charge in [-0.05, 0) is 25.0 Å². The maximum atomic E-state index is 12.7. The van der Waals surface area contributed by atoms with Crippen LogP contribution in [0.5, 0.6) is 5.88 Å². The molecule has 1 fully saturated rings. The van der Waals surface area contributed by atoms with Crippen molar-refractivity contribution in [1.29, 1.82) is 0 Å². The van der Waals surface area contributed by atoms with E-state index in [9.17, 15) is 22.8 Å². The summed E-state index contributed by atoms with van der Waals surface area (Å²) in [4.78, 5) is 30.2. The summed E-state index contributed by atoms with van der Waals surface area (Å²) >= 11 is 7.64. The first-order valence-corrected chi connectivity index (χ1v) is 12.4. The fourth-order valence-corrected chi connectivity index (χ4v) is 4.90. The van der Waals surface area contributed by atoms with Crippen LogP contribution in [-0.4, -0.2) is 66.5 Å². The molecule has 0 spiro atoms. The van der Waals surface area contributed by atoms with E-state index in [-0.39, 0.29) is 18.3 Å². The first kappa shape index (κ1) is 25.7. The number of esters is 1. The van der Waals surface area contributed by atoms with Gasteiger partial charge in [-0.15, -0.1) is 5.10 Å². The zero-order valence-corrected chi connectivity index (χ0v) is 21.1. The summed E-state index contributed by atoms with van der Waals surface area (Å²) in [5.74, 6) is -3.13. The Morgan fingerprint density at radius 1 is 1.34 bits per heavy atom. The molecular weight excluding hydrogens is 551 g/mol. The van der Waals surface area contributed by atoms with Crippen molar-refractivity contribution in [3.8, 4) is 5.88 Å². The normalized spacial score (nSPS) is 15.7. The number of aryl methyl sites for hydroxylation is 1. The fourth-order valence-electron chi connectivity index (χ4n) is 4.05. The first-order valence-electron chi connectivity index (χ1n) is 11.2. The van der Waals surface area contributed by atoms with Gasteiger partial charge < -0.3 is 20.3 Å². The molecule has 38 heavy (non-hydrogen) atoms. The van der Waals surface area contributed by atoms with Crippen molar-refractivity contribution in [3.63, 3.8) is 0 Å². The lowest BCUT2D eigenvalue weighted by Gasteiger charge is -2.23. The summed E-state index contributed by atoms with van der Waals surface area (Å²) in [6.07, 6.45) is -1.91. The van der Waals surface area contributed by atoms with Gasteiger partial charge in [0.15, 0.2) is 0 Å². The average molecular weight is 570 g/mol. The molecule has 1 aromatic carbocycles. The molecule has 12 nitrogen and oxygen atoms in total. The van der Waals surface area contributed by atoms with Gasteiger partial charge in [0.1, 0.15) is 5.69 Å². The van der Waals surface area contributed by atoms with E-state index >= 15 is 0 Å². The number of fused-ring (bicyclic) bond motifs is 1. The number of halogens is 4. The molecule has 1 saturated heterocycles. The zero-order chi connectivity index (χ0) is 27.0. The summed E-state index contributed by atoms with van der Waals surface area (Å²) < 4.78 is 47.0. The fraction of sp³-hybridized carbons (Fsp3) is 0.333. The molecular formula is C21H19ClF3N9O3S. The van der Waals surface area contributed by atoms with E-state index in [1.54, 1.807) is 6.20 Å². The molecule has 17 heteroatoms. The highest BCUT2D eigenvalue weighted by molar-refractivity contribution is 7.10. The second kappa shape index (κ2) is 10.1. The van der Waals surface area contributed by atoms with Crippen LogP contribution in [0.4, 0.5) is 29.9 Å². The van der Waals surface area contributed by atoms with Crippen molar-refractivity contribution in [3.05, 3.63) is 35.1 Å². The quantitative estimate of drug-likeness (QED) is 0.285. The third kappa shape index (κ3) is 5.22. The number of alkyl halides is 3. The summed E-state index contributed by atoms with van der Waals surface area (Å²) in [6.45, 7) is 0.911. The molecule has 0 unspecified atom stereocenters. The number of hydrogen-bond donors (Lipinski definition) is 3. The summed E-state index contributed by atoms with van der Waals surface area (Å²) in [6, 6.07) is 4.52. The van der Waals surface area contributed by atoms with E-state index in [4.69, 9.17) is 11.6 Å². The van der Waals surface area contributed by atoms with Gasteiger partial charge in [0.25, 0.3) is 5.91 Å².